The predicted octanol–water partition coefficient (Wildman–Crippen LogP) is 1.25. The Balaban J connectivity index is 0.000000220. The molecule has 3 heterocycles. The van der Waals surface area contributed by atoms with Gasteiger partial charge in [-0.05, 0) is 17.7 Å². The summed E-state index contributed by atoms with van der Waals surface area (Å²) in [4.78, 5) is 36.6. The SMILES string of the molecule is COC(=O)c1cc(C(=O)O)nc2c(F)cnn12.Cl.NCc1ccc2c(c1)NC(=O)CO2. The summed E-state index contributed by atoms with van der Waals surface area (Å²) in [7, 11) is 1.12. The molecule has 4 rings (SSSR count). The van der Waals surface area contributed by atoms with Crippen LogP contribution < -0.4 is 15.8 Å². The Morgan fingerprint density at radius 3 is 2.77 bits per heavy atom. The van der Waals surface area contributed by atoms with E-state index in [2.05, 4.69) is 20.1 Å². The lowest BCUT2D eigenvalue weighted by Crippen LogP contribution is -2.25. The van der Waals surface area contributed by atoms with Crippen molar-refractivity contribution < 1.29 is 33.4 Å². The third kappa shape index (κ3) is 5.05. The maximum absolute atomic E-state index is 13.2. The van der Waals surface area contributed by atoms with Crippen molar-refractivity contribution in [2.45, 2.75) is 6.54 Å². The van der Waals surface area contributed by atoms with Gasteiger partial charge in [0.05, 0.1) is 19.0 Å². The second-order valence-corrected chi connectivity index (χ2v) is 5.92. The standard InChI is InChI=1S/C9H6FN3O4.C9H10N2O2.ClH/c1-17-9(16)6-2-5(8(14)15)12-7-4(10)3-11-13(6)7;10-4-6-1-2-8-7(3-6)11-9(12)5-13-8;/h2-3H,1H3,(H,14,15);1-3H,4-5,10H2,(H,11,12);1H. The largest absolute Gasteiger partial charge is 0.482 e. The number of esters is 1. The molecular weight excluding hydrogens is 437 g/mol. The van der Waals surface area contributed by atoms with Gasteiger partial charge < -0.3 is 25.6 Å². The third-order valence-corrected chi connectivity index (χ3v) is 3.95. The minimum Gasteiger partial charge on any atom is -0.482 e. The van der Waals surface area contributed by atoms with Crippen LogP contribution >= 0.6 is 12.4 Å². The number of nitrogens with one attached hydrogen (secondary N) is 1. The molecule has 0 atom stereocenters. The Morgan fingerprint density at radius 1 is 1.39 bits per heavy atom. The van der Waals surface area contributed by atoms with Crippen molar-refractivity contribution in [1.29, 1.82) is 0 Å². The van der Waals surface area contributed by atoms with Crippen molar-refractivity contribution in [2.75, 3.05) is 19.0 Å². The van der Waals surface area contributed by atoms with E-state index in [0.29, 0.717) is 18.0 Å². The lowest BCUT2D eigenvalue weighted by atomic mass is 10.1. The number of nitrogens with two attached hydrogens (primary N) is 1. The molecule has 2 aromatic heterocycles. The number of benzene rings is 1. The van der Waals surface area contributed by atoms with Crippen molar-refractivity contribution in [3.05, 3.63) is 53.2 Å². The summed E-state index contributed by atoms with van der Waals surface area (Å²) in [5.74, 6) is -2.45. The fourth-order valence-corrected chi connectivity index (χ4v) is 2.55. The second kappa shape index (κ2) is 9.82. The minimum absolute atomic E-state index is 0. The first-order valence-corrected chi connectivity index (χ1v) is 8.45. The lowest BCUT2D eigenvalue weighted by Gasteiger charge is -2.18. The van der Waals surface area contributed by atoms with Gasteiger partial charge in [0.15, 0.2) is 29.5 Å². The number of halogens is 2. The average Bonchev–Trinajstić information content (AvgIpc) is 3.13. The molecule has 1 aromatic carbocycles. The van der Waals surface area contributed by atoms with Crippen LogP contribution in [0.3, 0.4) is 0 Å². The van der Waals surface area contributed by atoms with Crippen molar-refractivity contribution in [3.8, 4) is 5.75 Å². The number of fused-ring (bicyclic) bond motifs is 2. The molecule has 0 aliphatic carbocycles. The number of hydrogen-bond donors (Lipinski definition) is 3. The van der Waals surface area contributed by atoms with Gasteiger partial charge in [0.25, 0.3) is 5.91 Å². The number of ether oxygens (including phenoxy) is 2. The Hall–Kier alpha value is -3.77. The van der Waals surface area contributed by atoms with Crippen LogP contribution in [0.2, 0.25) is 0 Å². The number of aromatic nitrogens is 3. The van der Waals surface area contributed by atoms with Gasteiger partial charge in [0.2, 0.25) is 0 Å². The Kier molecular flexibility index (Phi) is 7.45. The highest BCUT2D eigenvalue weighted by atomic mass is 35.5. The van der Waals surface area contributed by atoms with E-state index >= 15 is 0 Å². The number of carboxylic acid groups (broad SMARTS) is 1. The molecule has 1 aliphatic heterocycles. The van der Waals surface area contributed by atoms with Crippen LogP contribution in [0.5, 0.6) is 5.75 Å². The van der Waals surface area contributed by atoms with E-state index in [1.54, 1.807) is 0 Å². The van der Waals surface area contributed by atoms with Crippen LogP contribution in [0, 0.1) is 5.82 Å². The van der Waals surface area contributed by atoms with Gasteiger partial charge in [-0.3, -0.25) is 4.79 Å². The summed E-state index contributed by atoms with van der Waals surface area (Å²) in [6, 6.07) is 6.49. The fraction of sp³-hybridized carbons (Fsp3) is 0.167. The quantitative estimate of drug-likeness (QED) is 0.496. The zero-order valence-electron chi connectivity index (χ0n) is 16.0. The maximum Gasteiger partial charge on any atom is 0.356 e. The van der Waals surface area contributed by atoms with Gasteiger partial charge in [0.1, 0.15) is 5.75 Å². The van der Waals surface area contributed by atoms with Crippen molar-refractivity contribution in [3.63, 3.8) is 0 Å². The van der Waals surface area contributed by atoms with Gasteiger partial charge in [0, 0.05) is 12.6 Å². The summed E-state index contributed by atoms with van der Waals surface area (Å²) in [6.07, 6.45) is 0.834. The Morgan fingerprint density at radius 2 is 2.13 bits per heavy atom. The zero-order valence-corrected chi connectivity index (χ0v) is 16.8. The molecule has 0 fully saturated rings. The number of methoxy groups -OCH3 is 1. The normalized spacial score (nSPS) is 11.8. The monoisotopic (exact) mass is 453 g/mol. The van der Waals surface area contributed by atoms with Gasteiger partial charge in [-0.25, -0.2) is 23.5 Å². The average molecular weight is 454 g/mol. The fourth-order valence-electron chi connectivity index (χ4n) is 2.55. The molecule has 0 saturated heterocycles. The molecule has 0 bridgehead atoms. The smallest absolute Gasteiger partial charge is 0.356 e. The number of rotatable bonds is 3. The molecule has 0 unspecified atom stereocenters. The number of amides is 1. The molecular formula is C18H17ClFN5O6. The topological polar surface area (TPSA) is 158 Å². The first-order chi connectivity index (χ1) is 14.3. The molecule has 3 aromatic rings. The highest BCUT2D eigenvalue weighted by Gasteiger charge is 2.19. The van der Waals surface area contributed by atoms with Crippen LogP contribution in [0.25, 0.3) is 5.65 Å². The molecule has 11 nitrogen and oxygen atoms in total. The number of aromatic carboxylic acids is 1. The number of nitrogens with zero attached hydrogens (tertiary/aromatic N) is 3. The highest BCUT2D eigenvalue weighted by Crippen LogP contribution is 2.28. The van der Waals surface area contributed by atoms with Crippen LogP contribution in [-0.4, -0.2) is 51.3 Å². The molecule has 0 spiro atoms. The van der Waals surface area contributed by atoms with Crippen molar-refractivity contribution in [1.82, 2.24) is 14.6 Å². The van der Waals surface area contributed by atoms with E-state index in [1.807, 2.05) is 18.2 Å². The van der Waals surface area contributed by atoms with Crippen LogP contribution in [-0.2, 0) is 16.1 Å². The van der Waals surface area contributed by atoms with Gasteiger partial charge in [-0.1, -0.05) is 6.07 Å². The van der Waals surface area contributed by atoms with Gasteiger partial charge >= 0.3 is 11.9 Å². The Labute approximate surface area is 180 Å². The van der Waals surface area contributed by atoms with Crippen LogP contribution in [0.4, 0.5) is 10.1 Å². The maximum atomic E-state index is 13.2. The number of carbonyl (C=O) groups is 3. The summed E-state index contributed by atoms with van der Waals surface area (Å²) in [6.45, 7) is 0.554. The number of hydrogen-bond acceptors (Lipinski definition) is 8. The molecule has 13 heteroatoms. The number of carbonyl (C=O) groups excluding carboxylic acids is 2. The zero-order chi connectivity index (χ0) is 21.8. The van der Waals surface area contributed by atoms with Gasteiger partial charge in [-0.15, -0.1) is 12.4 Å². The first-order valence-electron chi connectivity index (χ1n) is 8.45. The predicted molar refractivity (Wildman–Crippen MR) is 107 cm³/mol. The van der Waals surface area contributed by atoms with Gasteiger partial charge in [-0.2, -0.15) is 5.10 Å². The van der Waals surface area contributed by atoms with E-state index < -0.39 is 23.4 Å². The summed E-state index contributed by atoms with van der Waals surface area (Å²) < 4.78 is 23.8. The molecule has 1 aliphatic rings. The molecule has 31 heavy (non-hydrogen) atoms. The van der Waals surface area contributed by atoms with E-state index in [0.717, 1.165) is 29.5 Å². The van der Waals surface area contributed by atoms with Crippen molar-refractivity contribution in [2.24, 2.45) is 5.73 Å². The summed E-state index contributed by atoms with van der Waals surface area (Å²) in [5.41, 5.74) is 6.14. The number of anilines is 1. The summed E-state index contributed by atoms with van der Waals surface area (Å²) in [5, 5.41) is 15.1. The molecule has 164 valence electrons. The number of carboxylic acids is 1. The first kappa shape index (κ1) is 23.5. The highest BCUT2D eigenvalue weighted by molar-refractivity contribution is 5.95. The molecule has 1 amide bonds. The van der Waals surface area contributed by atoms with E-state index in [1.165, 1.54) is 0 Å². The van der Waals surface area contributed by atoms with Crippen molar-refractivity contribution >= 4 is 41.6 Å². The van der Waals surface area contributed by atoms with Crippen LogP contribution in [0.1, 0.15) is 26.5 Å². The molecule has 0 saturated carbocycles. The third-order valence-electron chi connectivity index (χ3n) is 3.95. The van der Waals surface area contributed by atoms with Crippen LogP contribution in [0.15, 0.2) is 30.5 Å². The molecule has 0 radical (unpaired) electrons. The molecule has 4 N–H and O–H groups in total. The minimum atomic E-state index is -1.38. The Bertz CT molecular complexity index is 1150. The van der Waals surface area contributed by atoms with E-state index in [4.69, 9.17) is 15.6 Å². The second-order valence-electron chi connectivity index (χ2n) is 5.92. The lowest BCUT2D eigenvalue weighted by molar-refractivity contribution is -0.118. The van der Waals surface area contributed by atoms with E-state index in [9.17, 15) is 18.8 Å². The van der Waals surface area contributed by atoms with E-state index in [-0.39, 0.29) is 36.3 Å². The summed E-state index contributed by atoms with van der Waals surface area (Å²) >= 11 is 0.